The first-order valence-electron chi connectivity index (χ1n) is 6.42. The number of aryl methyl sites for hydroxylation is 2. The summed E-state index contributed by atoms with van der Waals surface area (Å²) >= 11 is 0. The topological polar surface area (TPSA) is 38.3 Å². The van der Waals surface area contributed by atoms with Crippen LogP contribution in [0.4, 0.5) is 0 Å². The van der Waals surface area contributed by atoms with Gasteiger partial charge in [0.2, 0.25) is 0 Å². The number of carbonyl (C=O) groups excluding carboxylic acids is 1. The van der Waals surface area contributed by atoms with Crippen LogP contribution in [0.15, 0.2) is 24.3 Å². The maximum atomic E-state index is 11.3. The molecule has 0 aromatic heterocycles. The van der Waals surface area contributed by atoms with Crippen LogP contribution in [-0.2, 0) is 16.0 Å². The minimum atomic E-state index is -0.248. The van der Waals surface area contributed by atoms with E-state index < -0.39 is 0 Å². The second-order valence-electron chi connectivity index (χ2n) is 4.84. The van der Waals surface area contributed by atoms with Crippen molar-refractivity contribution in [1.29, 1.82) is 0 Å². The highest BCUT2D eigenvalue weighted by Crippen LogP contribution is 2.08. The molecule has 0 radical (unpaired) electrons. The van der Waals surface area contributed by atoms with Crippen molar-refractivity contribution in [1.82, 2.24) is 5.32 Å². The van der Waals surface area contributed by atoms with E-state index in [0.29, 0.717) is 6.04 Å². The molecular weight excluding hydrogens is 226 g/mol. The zero-order valence-electron chi connectivity index (χ0n) is 11.7. The third-order valence-electron chi connectivity index (χ3n) is 3.04. The van der Waals surface area contributed by atoms with Gasteiger partial charge in [-0.1, -0.05) is 29.8 Å². The molecule has 18 heavy (non-hydrogen) atoms. The predicted octanol–water partition coefficient (Wildman–Crippen LogP) is 2.47. The van der Waals surface area contributed by atoms with Gasteiger partial charge >= 0.3 is 5.97 Å². The van der Waals surface area contributed by atoms with Gasteiger partial charge in [-0.3, -0.25) is 4.79 Å². The fraction of sp³-hybridized carbons (Fsp3) is 0.533. The SMILES string of the molecule is COC(=O)C(C)NC(C)CCc1cccc(C)c1. The van der Waals surface area contributed by atoms with Crippen molar-refractivity contribution < 1.29 is 9.53 Å². The van der Waals surface area contributed by atoms with E-state index in [1.54, 1.807) is 0 Å². The van der Waals surface area contributed by atoms with Crippen molar-refractivity contribution in [2.24, 2.45) is 0 Å². The summed E-state index contributed by atoms with van der Waals surface area (Å²) in [6.45, 7) is 6.02. The molecular formula is C15H23NO2. The first-order chi connectivity index (χ1) is 8.52. The molecule has 3 nitrogen and oxygen atoms in total. The summed E-state index contributed by atoms with van der Waals surface area (Å²) < 4.78 is 4.69. The van der Waals surface area contributed by atoms with Gasteiger partial charge in [-0.15, -0.1) is 0 Å². The smallest absolute Gasteiger partial charge is 0.322 e. The molecule has 1 N–H and O–H groups in total. The molecule has 0 aliphatic rings. The number of ether oxygens (including phenoxy) is 1. The van der Waals surface area contributed by atoms with Crippen molar-refractivity contribution in [3.63, 3.8) is 0 Å². The van der Waals surface area contributed by atoms with Crippen LogP contribution in [0.25, 0.3) is 0 Å². The average Bonchev–Trinajstić information content (AvgIpc) is 2.35. The molecule has 3 heteroatoms. The highest BCUT2D eigenvalue weighted by molar-refractivity contribution is 5.75. The maximum Gasteiger partial charge on any atom is 0.322 e. The van der Waals surface area contributed by atoms with Crippen LogP contribution >= 0.6 is 0 Å². The van der Waals surface area contributed by atoms with Crippen molar-refractivity contribution in [2.75, 3.05) is 7.11 Å². The van der Waals surface area contributed by atoms with E-state index in [2.05, 4.69) is 48.2 Å². The Morgan fingerprint density at radius 3 is 2.72 bits per heavy atom. The summed E-state index contributed by atoms with van der Waals surface area (Å²) in [6, 6.07) is 8.58. The summed E-state index contributed by atoms with van der Waals surface area (Å²) in [6.07, 6.45) is 2.02. The zero-order chi connectivity index (χ0) is 13.5. The molecule has 0 spiro atoms. The minimum Gasteiger partial charge on any atom is -0.468 e. The van der Waals surface area contributed by atoms with Gasteiger partial charge in [0.15, 0.2) is 0 Å². The van der Waals surface area contributed by atoms with Crippen LogP contribution in [0.2, 0.25) is 0 Å². The van der Waals surface area contributed by atoms with Crippen LogP contribution in [-0.4, -0.2) is 25.2 Å². The third kappa shape index (κ3) is 4.88. The molecule has 0 amide bonds. The van der Waals surface area contributed by atoms with E-state index in [1.165, 1.54) is 18.2 Å². The van der Waals surface area contributed by atoms with E-state index in [1.807, 2.05) is 6.92 Å². The largest absolute Gasteiger partial charge is 0.468 e. The Morgan fingerprint density at radius 1 is 1.39 bits per heavy atom. The van der Waals surface area contributed by atoms with E-state index in [4.69, 9.17) is 0 Å². The molecule has 0 saturated heterocycles. The van der Waals surface area contributed by atoms with Crippen LogP contribution in [0, 0.1) is 6.92 Å². The van der Waals surface area contributed by atoms with E-state index >= 15 is 0 Å². The number of nitrogens with one attached hydrogen (secondary N) is 1. The van der Waals surface area contributed by atoms with Crippen molar-refractivity contribution in [3.05, 3.63) is 35.4 Å². The van der Waals surface area contributed by atoms with Crippen LogP contribution < -0.4 is 5.32 Å². The Bertz CT molecular complexity index is 390. The maximum absolute atomic E-state index is 11.3. The number of carbonyl (C=O) groups is 1. The first kappa shape index (κ1) is 14.7. The molecule has 0 aliphatic heterocycles. The molecule has 0 aliphatic carbocycles. The van der Waals surface area contributed by atoms with Gasteiger partial charge < -0.3 is 10.1 Å². The van der Waals surface area contributed by atoms with Gasteiger partial charge in [0.25, 0.3) is 0 Å². The lowest BCUT2D eigenvalue weighted by atomic mass is 10.0. The molecule has 2 unspecified atom stereocenters. The van der Waals surface area contributed by atoms with Gasteiger partial charge in [-0.05, 0) is 39.2 Å². The Kier molecular flexibility index (Phi) is 5.86. The van der Waals surface area contributed by atoms with E-state index in [9.17, 15) is 4.79 Å². The van der Waals surface area contributed by atoms with Crippen LogP contribution in [0.3, 0.4) is 0 Å². The zero-order valence-corrected chi connectivity index (χ0v) is 11.7. The Labute approximate surface area is 110 Å². The fourth-order valence-electron chi connectivity index (χ4n) is 2.01. The monoisotopic (exact) mass is 249 g/mol. The number of methoxy groups -OCH3 is 1. The summed E-state index contributed by atoms with van der Waals surface area (Å²) in [5.74, 6) is -0.211. The van der Waals surface area contributed by atoms with Gasteiger partial charge in [-0.2, -0.15) is 0 Å². The Morgan fingerprint density at radius 2 is 2.11 bits per heavy atom. The van der Waals surface area contributed by atoms with Crippen molar-refractivity contribution >= 4 is 5.97 Å². The second kappa shape index (κ2) is 7.17. The lowest BCUT2D eigenvalue weighted by Crippen LogP contribution is -2.40. The molecule has 0 saturated carbocycles. The fourth-order valence-corrected chi connectivity index (χ4v) is 2.01. The molecule has 1 rings (SSSR count). The standard InChI is InChI=1S/C15H23NO2/c1-11-6-5-7-14(10-11)9-8-12(2)16-13(3)15(17)18-4/h5-7,10,12-13,16H,8-9H2,1-4H3. The molecule has 2 atom stereocenters. The van der Waals surface area contributed by atoms with Gasteiger partial charge in [0.1, 0.15) is 6.04 Å². The quantitative estimate of drug-likeness (QED) is 0.787. The molecule has 0 bridgehead atoms. The minimum absolute atomic E-state index is 0.211. The highest BCUT2D eigenvalue weighted by Gasteiger charge is 2.15. The predicted molar refractivity (Wildman–Crippen MR) is 73.6 cm³/mol. The molecule has 100 valence electrons. The molecule has 0 heterocycles. The lowest BCUT2D eigenvalue weighted by Gasteiger charge is -2.18. The normalized spacial score (nSPS) is 14.0. The van der Waals surface area contributed by atoms with Gasteiger partial charge in [0, 0.05) is 6.04 Å². The molecule has 1 aromatic carbocycles. The first-order valence-corrected chi connectivity index (χ1v) is 6.42. The summed E-state index contributed by atoms with van der Waals surface area (Å²) in [5.41, 5.74) is 2.63. The summed E-state index contributed by atoms with van der Waals surface area (Å²) in [5, 5.41) is 3.24. The van der Waals surface area contributed by atoms with Crippen LogP contribution in [0.1, 0.15) is 31.4 Å². The van der Waals surface area contributed by atoms with Gasteiger partial charge in [-0.25, -0.2) is 0 Å². The lowest BCUT2D eigenvalue weighted by molar-refractivity contribution is -0.142. The molecule has 1 aromatic rings. The number of benzene rings is 1. The van der Waals surface area contributed by atoms with Crippen LogP contribution in [0.5, 0.6) is 0 Å². The summed E-state index contributed by atoms with van der Waals surface area (Å²) in [4.78, 5) is 11.3. The average molecular weight is 249 g/mol. The van der Waals surface area contributed by atoms with Gasteiger partial charge in [0.05, 0.1) is 7.11 Å². The number of esters is 1. The number of hydrogen-bond donors (Lipinski definition) is 1. The third-order valence-corrected chi connectivity index (χ3v) is 3.04. The van der Waals surface area contributed by atoms with E-state index in [0.717, 1.165) is 12.8 Å². The Hall–Kier alpha value is -1.35. The summed E-state index contributed by atoms with van der Waals surface area (Å²) in [7, 11) is 1.41. The van der Waals surface area contributed by atoms with Crippen molar-refractivity contribution in [3.8, 4) is 0 Å². The number of rotatable bonds is 6. The Balaban J connectivity index is 2.37. The van der Waals surface area contributed by atoms with Crippen molar-refractivity contribution in [2.45, 2.75) is 45.7 Å². The number of hydrogen-bond acceptors (Lipinski definition) is 3. The second-order valence-corrected chi connectivity index (χ2v) is 4.84. The van der Waals surface area contributed by atoms with E-state index in [-0.39, 0.29) is 12.0 Å². The highest BCUT2D eigenvalue weighted by atomic mass is 16.5. The molecule has 0 fully saturated rings.